The summed E-state index contributed by atoms with van der Waals surface area (Å²) in [6, 6.07) is 9.91. The van der Waals surface area contributed by atoms with Gasteiger partial charge < -0.3 is 9.63 Å². The second kappa shape index (κ2) is 7.51. The zero-order chi connectivity index (χ0) is 17.9. The second-order valence-corrected chi connectivity index (χ2v) is 6.12. The predicted octanol–water partition coefficient (Wildman–Crippen LogP) is 1.77. The lowest BCUT2D eigenvalue weighted by atomic mass is 10.2. The maximum atomic E-state index is 12.5. The van der Waals surface area contributed by atoms with E-state index in [0.717, 1.165) is 5.56 Å². The Bertz CT molecular complexity index is 678. The van der Waals surface area contributed by atoms with Crippen LogP contribution in [0.2, 0.25) is 0 Å². The Labute approximate surface area is 142 Å². The number of hydrogen-bond donors (Lipinski definition) is 1. The fourth-order valence-corrected chi connectivity index (χ4v) is 2.87. The zero-order valence-corrected chi connectivity index (χ0v) is 13.5. The zero-order valence-electron chi connectivity index (χ0n) is 13.5. The smallest absolute Gasteiger partial charge is 0.390 e. The van der Waals surface area contributed by atoms with E-state index in [0.29, 0.717) is 32.7 Å². The maximum Gasteiger partial charge on any atom is 0.455 e. The lowest BCUT2D eigenvalue weighted by Gasteiger charge is -2.21. The Morgan fingerprint density at radius 1 is 1.08 bits per heavy atom. The van der Waals surface area contributed by atoms with Gasteiger partial charge in [-0.3, -0.25) is 9.80 Å². The predicted molar refractivity (Wildman–Crippen MR) is 82.3 cm³/mol. The minimum Gasteiger partial charge on any atom is -0.390 e. The van der Waals surface area contributed by atoms with Crippen LogP contribution in [0, 0.1) is 0 Å². The van der Waals surface area contributed by atoms with Gasteiger partial charge in [0.1, 0.15) is 0 Å². The highest BCUT2D eigenvalue weighted by Crippen LogP contribution is 2.26. The lowest BCUT2D eigenvalue weighted by molar-refractivity contribution is -0.146. The standard InChI is InChI=1S/C16H19F3N4O2/c17-16(18,19)15-20-14(25-21-15)11-23-7-6-22(9-13(24)10-23)8-12-4-2-1-3-5-12/h1-5,13,24H,6-11H2. The molecule has 0 saturated carbocycles. The molecule has 1 aromatic carbocycles. The van der Waals surface area contributed by atoms with Crippen molar-refractivity contribution in [3.8, 4) is 0 Å². The van der Waals surface area contributed by atoms with Crippen molar-refractivity contribution in [3.05, 3.63) is 47.6 Å². The number of β-amino-alcohol motifs (C(OH)–C–C–N with tert-alkyl or cyclic N) is 1. The molecule has 0 spiro atoms. The average Bonchev–Trinajstić information content (AvgIpc) is 2.95. The van der Waals surface area contributed by atoms with Crippen LogP contribution in [-0.2, 0) is 19.3 Å². The Morgan fingerprint density at radius 3 is 2.32 bits per heavy atom. The fraction of sp³-hybridized carbons (Fsp3) is 0.500. The van der Waals surface area contributed by atoms with Crippen molar-refractivity contribution >= 4 is 0 Å². The van der Waals surface area contributed by atoms with Crippen molar-refractivity contribution in [1.82, 2.24) is 19.9 Å². The molecule has 1 aliphatic rings. The molecule has 136 valence electrons. The highest BCUT2D eigenvalue weighted by Gasteiger charge is 2.37. The highest BCUT2D eigenvalue weighted by molar-refractivity contribution is 5.14. The molecule has 1 aromatic heterocycles. The molecule has 9 heteroatoms. The van der Waals surface area contributed by atoms with E-state index in [1.807, 2.05) is 35.2 Å². The first-order chi connectivity index (χ1) is 11.9. The number of aliphatic hydroxyl groups is 1. The van der Waals surface area contributed by atoms with E-state index in [9.17, 15) is 18.3 Å². The largest absolute Gasteiger partial charge is 0.455 e. The molecule has 0 aliphatic carbocycles. The molecule has 1 saturated heterocycles. The molecule has 2 aromatic rings. The van der Waals surface area contributed by atoms with Crippen molar-refractivity contribution in [2.75, 3.05) is 26.2 Å². The van der Waals surface area contributed by atoms with E-state index >= 15 is 0 Å². The normalized spacial score (nSPS) is 20.6. The quantitative estimate of drug-likeness (QED) is 0.901. The second-order valence-electron chi connectivity index (χ2n) is 6.12. The molecule has 1 N–H and O–H groups in total. The van der Waals surface area contributed by atoms with Gasteiger partial charge in [-0.15, -0.1) is 0 Å². The summed E-state index contributed by atoms with van der Waals surface area (Å²) in [6.45, 7) is 2.92. The van der Waals surface area contributed by atoms with E-state index in [-0.39, 0.29) is 12.4 Å². The monoisotopic (exact) mass is 356 g/mol. The van der Waals surface area contributed by atoms with Gasteiger partial charge in [0.05, 0.1) is 12.6 Å². The summed E-state index contributed by atoms with van der Waals surface area (Å²) in [5.74, 6) is -1.38. The molecular formula is C16H19F3N4O2. The van der Waals surface area contributed by atoms with Gasteiger partial charge in [-0.25, -0.2) is 0 Å². The van der Waals surface area contributed by atoms with Crippen molar-refractivity contribution in [1.29, 1.82) is 0 Å². The van der Waals surface area contributed by atoms with Crippen molar-refractivity contribution in [3.63, 3.8) is 0 Å². The number of alkyl halides is 3. The molecule has 0 bridgehead atoms. The number of hydrogen-bond acceptors (Lipinski definition) is 6. The van der Waals surface area contributed by atoms with Crippen molar-refractivity contribution in [2.24, 2.45) is 0 Å². The van der Waals surface area contributed by atoms with Crippen LogP contribution in [0.1, 0.15) is 17.3 Å². The maximum absolute atomic E-state index is 12.5. The molecule has 25 heavy (non-hydrogen) atoms. The number of rotatable bonds is 4. The summed E-state index contributed by atoms with van der Waals surface area (Å²) in [7, 11) is 0. The first-order valence-electron chi connectivity index (χ1n) is 7.96. The fourth-order valence-electron chi connectivity index (χ4n) is 2.87. The summed E-state index contributed by atoms with van der Waals surface area (Å²) in [5.41, 5.74) is 1.15. The number of halogens is 3. The topological polar surface area (TPSA) is 65.6 Å². The third-order valence-electron chi connectivity index (χ3n) is 4.00. The van der Waals surface area contributed by atoms with Crippen molar-refractivity contribution in [2.45, 2.75) is 25.4 Å². The average molecular weight is 356 g/mol. The van der Waals surface area contributed by atoms with Gasteiger partial charge in [0, 0.05) is 32.7 Å². The van der Waals surface area contributed by atoms with Crippen LogP contribution in [0.15, 0.2) is 34.9 Å². The molecule has 6 nitrogen and oxygen atoms in total. The van der Waals surface area contributed by atoms with Crippen LogP contribution in [-0.4, -0.2) is 57.3 Å². The minimum atomic E-state index is -4.62. The van der Waals surface area contributed by atoms with Crippen LogP contribution in [0.4, 0.5) is 13.2 Å². The third kappa shape index (κ3) is 5.00. The first-order valence-corrected chi connectivity index (χ1v) is 7.96. The Morgan fingerprint density at radius 2 is 1.72 bits per heavy atom. The summed E-state index contributed by atoms with van der Waals surface area (Å²) < 4.78 is 42.2. The molecule has 3 rings (SSSR count). The summed E-state index contributed by atoms with van der Waals surface area (Å²) in [5, 5.41) is 13.1. The molecule has 2 heterocycles. The Kier molecular flexibility index (Phi) is 5.36. The number of nitrogens with zero attached hydrogens (tertiary/aromatic N) is 4. The summed E-state index contributed by atoms with van der Waals surface area (Å²) in [6.07, 6.45) is -5.22. The van der Waals surface area contributed by atoms with Gasteiger partial charge in [-0.05, 0) is 5.56 Å². The van der Waals surface area contributed by atoms with Crippen LogP contribution >= 0.6 is 0 Å². The van der Waals surface area contributed by atoms with E-state index < -0.39 is 18.1 Å². The van der Waals surface area contributed by atoms with Crippen LogP contribution in [0.25, 0.3) is 0 Å². The molecule has 1 fully saturated rings. The molecule has 1 atom stereocenters. The summed E-state index contributed by atoms with van der Waals surface area (Å²) >= 11 is 0. The highest BCUT2D eigenvalue weighted by atomic mass is 19.4. The SMILES string of the molecule is OC1CN(Cc2ccccc2)CCN(Cc2nc(C(F)(F)F)no2)C1. The van der Waals surface area contributed by atoms with Gasteiger partial charge in [0.2, 0.25) is 5.89 Å². The Balaban J connectivity index is 1.58. The molecule has 1 aliphatic heterocycles. The van der Waals surface area contributed by atoms with E-state index in [1.165, 1.54) is 0 Å². The molecular weight excluding hydrogens is 337 g/mol. The van der Waals surface area contributed by atoms with E-state index in [4.69, 9.17) is 0 Å². The van der Waals surface area contributed by atoms with Gasteiger partial charge >= 0.3 is 6.18 Å². The van der Waals surface area contributed by atoms with Gasteiger partial charge in [0.15, 0.2) is 0 Å². The van der Waals surface area contributed by atoms with Gasteiger partial charge in [0.25, 0.3) is 5.82 Å². The van der Waals surface area contributed by atoms with Crippen molar-refractivity contribution < 1.29 is 22.8 Å². The van der Waals surface area contributed by atoms with Gasteiger partial charge in [-0.1, -0.05) is 35.5 Å². The van der Waals surface area contributed by atoms with Crippen LogP contribution in [0.3, 0.4) is 0 Å². The van der Waals surface area contributed by atoms with E-state index in [1.54, 1.807) is 0 Å². The van der Waals surface area contributed by atoms with E-state index in [2.05, 4.69) is 19.6 Å². The lowest BCUT2D eigenvalue weighted by Crippen LogP contribution is -2.33. The third-order valence-corrected chi connectivity index (χ3v) is 4.00. The summed E-state index contributed by atoms with van der Waals surface area (Å²) in [4.78, 5) is 7.32. The number of aliphatic hydroxyl groups excluding tert-OH is 1. The Hall–Kier alpha value is -1.97. The van der Waals surface area contributed by atoms with Crippen LogP contribution < -0.4 is 0 Å². The van der Waals surface area contributed by atoms with Crippen LogP contribution in [0.5, 0.6) is 0 Å². The first kappa shape index (κ1) is 17.8. The molecule has 1 unspecified atom stereocenters. The molecule has 0 amide bonds. The number of aromatic nitrogens is 2. The van der Waals surface area contributed by atoms with Gasteiger partial charge in [-0.2, -0.15) is 18.2 Å². The minimum absolute atomic E-state index is 0.0827. The number of benzene rings is 1. The molecule has 0 radical (unpaired) electrons.